The lowest BCUT2D eigenvalue weighted by molar-refractivity contribution is 0.0833. The maximum atomic E-state index is 13.6. The molecule has 23 heavy (non-hydrogen) atoms. The van der Waals surface area contributed by atoms with Gasteiger partial charge in [-0.15, -0.1) is 0 Å². The lowest BCUT2D eigenvalue weighted by Crippen LogP contribution is -2.42. The van der Waals surface area contributed by atoms with Gasteiger partial charge >= 0.3 is 0 Å². The molecule has 3 rings (SSSR count). The number of nitrogens with zero attached hydrogens (tertiary/aromatic N) is 3. The largest absolute Gasteiger partial charge is 0.472 e. The van der Waals surface area contributed by atoms with Gasteiger partial charge in [-0.05, 0) is 64.4 Å². The van der Waals surface area contributed by atoms with Gasteiger partial charge in [-0.25, -0.2) is 9.37 Å². The fraction of sp³-hybridized carbons (Fsp3) is 0.722. The lowest BCUT2D eigenvalue weighted by atomic mass is 9.99. The molecular formula is C18H28FN3O. The van der Waals surface area contributed by atoms with E-state index in [0.29, 0.717) is 0 Å². The zero-order valence-corrected chi connectivity index (χ0v) is 14.1. The number of rotatable bonds is 5. The Morgan fingerprint density at radius 2 is 2.04 bits per heavy atom. The topological polar surface area (TPSA) is 28.6 Å². The molecule has 128 valence electrons. The third-order valence-corrected chi connectivity index (χ3v) is 5.24. The Bertz CT molecular complexity index is 491. The Morgan fingerprint density at radius 1 is 1.22 bits per heavy atom. The minimum atomic E-state index is -0.365. The Kier molecular flexibility index (Phi) is 5.84. The van der Waals surface area contributed by atoms with Gasteiger partial charge in [0.1, 0.15) is 6.10 Å². The molecule has 0 radical (unpaired) electrons. The highest BCUT2D eigenvalue weighted by Gasteiger charge is 2.24. The summed E-state index contributed by atoms with van der Waals surface area (Å²) in [5.41, 5.74) is 0. The maximum Gasteiger partial charge on any atom is 0.250 e. The van der Waals surface area contributed by atoms with Crippen LogP contribution < -0.4 is 4.74 Å². The molecule has 0 aromatic carbocycles. The number of hydrogen-bond acceptors (Lipinski definition) is 4. The minimum Gasteiger partial charge on any atom is -0.472 e. The second kappa shape index (κ2) is 8.06. The molecule has 4 nitrogen and oxygen atoms in total. The van der Waals surface area contributed by atoms with E-state index in [1.807, 2.05) is 0 Å². The predicted octanol–water partition coefficient (Wildman–Crippen LogP) is 2.94. The molecule has 2 aliphatic heterocycles. The summed E-state index contributed by atoms with van der Waals surface area (Å²) in [6, 6.07) is 3.74. The summed E-state index contributed by atoms with van der Waals surface area (Å²) in [7, 11) is 2.26. The summed E-state index contributed by atoms with van der Waals surface area (Å²) in [4.78, 5) is 9.02. The zero-order chi connectivity index (χ0) is 16.1. The number of pyridine rings is 1. The Balaban J connectivity index is 1.39. The van der Waals surface area contributed by atoms with Crippen LogP contribution in [0.4, 0.5) is 4.39 Å². The monoisotopic (exact) mass is 321 g/mol. The molecule has 0 amide bonds. The van der Waals surface area contributed by atoms with Crippen LogP contribution in [-0.2, 0) is 0 Å². The summed E-state index contributed by atoms with van der Waals surface area (Å²) in [6.07, 6.45) is 8.90. The van der Waals surface area contributed by atoms with E-state index in [9.17, 15) is 4.39 Å². The van der Waals surface area contributed by atoms with Crippen LogP contribution in [0, 0.1) is 5.82 Å². The first-order valence-corrected chi connectivity index (χ1v) is 8.92. The van der Waals surface area contributed by atoms with Crippen molar-refractivity contribution in [2.45, 2.75) is 50.7 Å². The second-order valence-electron chi connectivity index (χ2n) is 6.87. The van der Waals surface area contributed by atoms with Crippen LogP contribution in [0.5, 0.6) is 5.88 Å². The third kappa shape index (κ3) is 4.64. The van der Waals surface area contributed by atoms with Gasteiger partial charge in [-0.2, -0.15) is 0 Å². The summed E-state index contributed by atoms with van der Waals surface area (Å²) in [5, 5.41) is 0. The van der Waals surface area contributed by atoms with E-state index in [1.54, 1.807) is 12.3 Å². The molecule has 3 heterocycles. The average Bonchev–Trinajstić information content (AvgIpc) is 2.57. The molecule has 1 aromatic rings. The molecule has 0 bridgehead atoms. The average molecular weight is 321 g/mol. The number of ether oxygens (including phenoxy) is 1. The quantitative estimate of drug-likeness (QED) is 0.834. The van der Waals surface area contributed by atoms with Crippen molar-refractivity contribution in [1.29, 1.82) is 0 Å². The molecular weight excluding hydrogens is 293 g/mol. The van der Waals surface area contributed by atoms with Crippen molar-refractivity contribution in [3.05, 3.63) is 24.1 Å². The van der Waals surface area contributed by atoms with Gasteiger partial charge in [0.2, 0.25) is 0 Å². The predicted molar refractivity (Wildman–Crippen MR) is 89.2 cm³/mol. The molecule has 0 saturated carbocycles. The molecule has 5 heteroatoms. The van der Waals surface area contributed by atoms with Crippen molar-refractivity contribution < 1.29 is 9.13 Å². The van der Waals surface area contributed by atoms with Crippen LogP contribution in [0.25, 0.3) is 0 Å². The van der Waals surface area contributed by atoms with Gasteiger partial charge in [0.15, 0.2) is 5.82 Å². The molecule has 2 saturated heterocycles. The van der Waals surface area contributed by atoms with Crippen molar-refractivity contribution in [1.82, 2.24) is 14.8 Å². The van der Waals surface area contributed by atoms with Crippen molar-refractivity contribution >= 4 is 0 Å². The smallest absolute Gasteiger partial charge is 0.250 e. The highest BCUT2D eigenvalue weighted by atomic mass is 19.1. The van der Waals surface area contributed by atoms with Crippen molar-refractivity contribution in [2.75, 3.05) is 33.2 Å². The molecule has 1 atom stereocenters. The number of piperidine rings is 2. The van der Waals surface area contributed by atoms with E-state index < -0.39 is 0 Å². The summed E-state index contributed by atoms with van der Waals surface area (Å²) >= 11 is 0. The van der Waals surface area contributed by atoms with Gasteiger partial charge in [0.25, 0.3) is 5.88 Å². The van der Waals surface area contributed by atoms with Crippen molar-refractivity contribution in [3.8, 4) is 5.88 Å². The summed E-state index contributed by atoms with van der Waals surface area (Å²) < 4.78 is 19.3. The van der Waals surface area contributed by atoms with Gasteiger partial charge in [-0.1, -0.05) is 6.42 Å². The molecule has 2 fully saturated rings. The van der Waals surface area contributed by atoms with E-state index in [1.165, 1.54) is 44.8 Å². The number of halogens is 1. The zero-order valence-electron chi connectivity index (χ0n) is 14.1. The fourth-order valence-corrected chi connectivity index (χ4v) is 3.71. The highest BCUT2D eigenvalue weighted by molar-refractivity contribution is 5.13. The van der Waals surface area contributed by atoms with E-state index >= 15 is 0 Å². The van der Waals surface area contributed by atoms with E-state index in [-0.39, 0.29) is 17.8 Å². The third-order valence-electron chi connectivity index (χ3n) is 5.24. The van der Waals surface area contributed by atoms with E-state index in [2.05, 4.69) is 21.8 Å². The van der Waals surface area contributed by atoms with Gasteiger partial charge in [0, 0.05) is 25.3 Å². The highest BCUT2D eigenvalue weighted by Crippen LogP contribution is 2.21. The maximum absolute atomic E-state index is 13.6. The molecule has 0 N–H and O–H groups in total. The summed E-state index contributed by atoms with van der Waals surface area (Å²) in [6.45, 7) is 4.49. The van der Waals surface area contributed by atoms with Crippen molar-refractivity contribution in [2.24, 2.45) is 0 Å². The molecule has 1 unspecified atom stereocenters. The standard InChI is InChI=1S/C18H28FN3O/c1-21-11-3-2-5-15(21)7-12-22-13-8-16(9-14-22)23-18-17(19)6-4-10-20-18/h4,6,10,15-16H,2-3,5,7-9,11-14H2,1H3. The van der Waals surface area contributed by atoms with E-state index in [4.69, 9.17) is 4.74 Å². The molecule has 0 aliphatic carbocycles. The van der Waals surface area contributed by atoms with Crippen LogP contribution in [0.2, 0.25) is 0 Å². The van der Waals surface area contributed by atoms with Crippen LogP contribution in [0.15, 0.2) is 18.3 Å². The minimum absolute atomic E-state index is 0.0907. The number of hydrogen-bond donors (Lipinski definition) is 0. The SMILES string of the molecule is CN1CCCCC1CCN1CCC(Oc2ncccc2F)CC1. The van der Waals surface area contributed by atoms with Gasteiger partial charge in [-0.3, -0.25) is 0 Å². The van der Waals surface area contributed by atoms with Crippen molar-refractivity contribution in [3.63, 3.8) is 0 Å². The van der Waals surface area contributed by atoms with Crippen LogP contribution in [-0.4, -0.2) is 60.2 Å². The van der Waals surface area contributed by atoms with Gasteiger partial charge < -0.3 is 14.5 Å². The van der Waals surface area contributed by atoms with E-state index in [0.717, 1.165) is 32.0 Å². The Morgan fingerprint density at radius 3 is 2.78 bits per heavy atom. The van der Waals surface area contributed by atoms with Crippen LogP contribution in [0.1, 0.15) is 38.5 Å². The first-order valence-electron chi connectivity index (χ1n) is 8.92. The molecule has 1 aromatic heterocycles. The number of likely N-dealkylation sites (tertiary alicyclic amines) is 2. The van der Waals surface area contributed by atoms with Gasteiger partial charge in [0.05, 0.1) is 0 Å². The fourth-order valence-electron chi connectivity index (χ4n) is 3.71. The normalized spacial score (nSPS) is 24.7. The Labute approximate surface area is 138 Å². The first-order chi connectivity index (χ1) is 11.2. The molecule has 2 aliphatic rings. The molecule has 0 spiro atoms. The van der Waals surface area contributed by atoms with Crippen LogP contribution >= 0.6 is 0 Å². The first kappa shape index (κ1) is 16.7. The summed E-state index contributed by atoms with van der Waals surface area (Å²) in [5.74, 6) is -0.218. The van der Waals surface area contributed by atoms with Crippen LogP contribution in [0.3, 0.4) is 0 Å². The second-order valence-corrected chi connectivity index (χ2v) is 6.87. The lowest BCUT2D eigenvalue weighted by Gasteiger charge is -2.36. The number of aromatic nitrogens is 1. The Hall–Kier alpha value is -1.20.